The monoisotopic (exact) mass is 343 g/mol. The van der Waals surface area contributed by atoms with Crippen molar-refractivity contribution in [2.75, 3.05) is 0 Å². The first-order valence-electron chi connectivity index (χ1n) is 8.08. The molecule has 1 fully saturated rings. The molecular weight excluding hydrogens is 322 g/mol. The van der Waals surface area contributed by atoms with Crippen LogP contribution >= 0.6 is 0 Å². The first-order chi connectivity index (χ1) is 11.4. The summed E-state index contributed by atoms with van der Waals surface area (Å²) in [4.78, 5) is 12.7. The van der Waals surface area contributed by atoms with Crippen molar-refractivity contribution >= 4 is 15.9 Å². The molecule has 0 saturated carbocycles. The van der Waals surface area contributed by atoms with E-state index in [-0.39, 0.29) is 22.8 Å². The molecule has 1 aliphatic heterocycles. The van der Waals surface area contributed by atoms with E-state index >= 15 is 0 Å². The van der Waals surface area contributed by atoms with Crippen LogP contribution in [-0.4, -0.2) is 24.7 Å². The van der Waals surface area contributed by atoms with Crippen LogP contribution in [0.25, 0.3) is 0 Å². The van der Waals surface area contributed by atoms with Gasteiger partial charge in [0.1, 0.15) is 0 Å². The Balaban J connectivity index is 1.95. The molecule has 126 valence electrons. The van der Waals surface area contributed by atoms with Gasteiger partial charge in [-0.1, -0.05) is 55.0 Å². The third-order valence-electron chi connectivity index (χ3n) is 4.49. The number of hydrogen-bond donors (Lipinski definition) is 0. The van der Waals surface area contributed by atoms with Crippen LogP contribution in [0.4, 0.5) is 0 Å². The average Bonchev–Trinajstić information content (AvgIpc) is 2.83. The van der Waals surface area contributed by atoms with Crippen molar-refractivity contribution in [1.29, 1.82) is 0 Å². The number of carbonyl (C=O) groups is 1. The van der Waals surface area contributed by atoms with E-state index in [4.69, 9.17) is 0 Å². The first kappa shape index (κ1) is 16.7. The van der Waals surface area contributed by atoms with E-state index in [1.165, 1.54) is 0 Å². The van der Waals surface area contributed by atoms with Crippen molar-refractivity contribution < 1.29 is 13.2 Å². The van der Waals surface area contributed by atoms with E-state index < -0.39 is 10.0 Å². The van der Waals surface area contributed by atoms with Gasteiger partial charge in [-0.05, 0) is 37.5 Å². The van der Waals surface area contributed by atoms with Gasteiger partial charge in [0.2, 0.25) is 5.91 Å². The minimum absolute atomic E-state index is 0.175. The second kappa shape index (κ2) is 6.40. The quantitative estimate of drug-likeness (QED) is 0.857. The largest absolute Gasteiger partial charge is 0.273 e. The highest BCUT2D eigenvalue weighted by Crippen LogP contribution is 2.32. The highest BCUT2D eigenvalue weighted by Gasteiger charge is 2.44. The molecule has 0 N–H and O–H groups in total. The van der Waals surface area contributed by atoms with Crippen molar-refractivity contribution in [2.24, 2.45) is 5.92 Å². The maximum atomic E-state index is 13.0. The zero-order valence-electron chi connectivity index (χ0n) is 13.8. The van der Waals surface area contributed by atoms with E-state index in [1.807, 2.05) is 37.3 Å². The van der Waals surface area contributed by atoms with E-state index in [0.717, 1.165) is 15.4 Å². The third kappa shape index (κ3) is 3.08. The zero-order valence-corrected chi connectivity index (χ0v) is 14.7. The average molecular weight is 343 g/mol. The Kier molecular flexibility index (Phi) is 4.45. The summed E-state index contributed by atoms with van der Waals surface area (Å²) in [6.07, 6.45) is 1.10. The Morgan fingerprint density at radius 3 is 2.29 bits per heavy atom. The van der Waals surface area contributed by atoms with E-state index in [0.29, 0.717) is 12.8 Å². The summed E-state index contributed by atoms with van der Waals surface area (Å²) in [5.41, 5.74) is 2.02. The summed E-state index contributed by atoms with van der Waals surface area (Å²) in [6.45, 7) is 3.70. The molecule has 1 amide bonds. The molecule has 3 rings (SSSR count). The van der Waals surface area contributed by atoms with Gasteiger partial charge in [-0.3, -0.25) is 4.79 Å². The van der Waals surface area contributed by atoms with Gasteiger partial charge in [0.25, 0.3) is 10.0 Å². The van der Waals surface area contributed by atoms with Crippen LogP contribution in [0.2, 0.25) is 0 Å². The predicted molar refractivity (Wildman–Crippen MR) is 92.9 cm³/mol. The molecule has 1 saturated heterocycles. The van der Waals surface area contributed by atoms with Gasteiger partial charge < -0.3 is 0 Å². The van der Waals surface area contributed by atoms with Crippen LogP contribution in [-0.2, 0) is 21.2 Å². The van der Waals surface area contributed by atoms with E-state index in [2.05, 4.69) is 0 Å². The number of aryl methyl sites for hydroxylation is 1. The van der Waals surface area contributed by atoms with Crippen molar-refractivity contribution in [3.63, 3.8) is 0 Å². The maximum absolute atomic E-state index is 13.0. The van der Waals surface area contributed by atoms with Crippen molar-refractivity contribution in [3.05, 3.63) is 65.7 Å². The highest BCUT2D eigenvalue weighted by atomic mass is 32.2. The van der Waals surface area contributed by atoms with Gasteiger partial charge in [-0.25, -0.2) is 12.7 Å². The lowest BCUT2D eigenvalue weighted by Crippen LogP contribution is -2.40. The van der Waals surface area contributed by atoms with E-state index in [1.54, 1.807) is 31.2 Å². The maximum Gasteiger partial charge on any atom is 0.266 e. The SMILES string of the molecule is Cc1ccc(S(=O)(=O)N2C(=O)[C@@H](C)C[C@@H]2Cc2ccccc2)cc1. The van der Waals surface area contributed by atoms with Crippen LogP contribution in [0.1, 0.15) is 24.5 Å². The molecule has 0 aromatic heterocycles. The Bertz CT molecular complexity index is 829. The fourth-order valence-electron chi connectivity index (χ4n) is 3.19. The highest BCUT2D eigenvalue weighted by molar-refractivity contribution is 7.89. The van der Waals surface area contributed by atoms with Crippen LogP contribution in [0.3, 0.4) is 0 Å². The lowest BCUT2D eigenvalue weighted by molar-refractivity contribution is -0.127. The summed E-state index contributed by atoms with van der Waals surface area (Å²) in [5, 5.41) is 0. The van der Waals surface area contributed by atoms with E-state index in [9.17, 15) is 13.2 Å². The Morgan fingerprint density at radius 2 is 1.67 bits per heavy atom. The normalized spacial score (nSPS) is 21.2. The van der Waals surface area contributed by atoms with Gasteiger partial charge in [-0.15, -0.1) is 0 Å². The van der Waals surface area contributed by atoms with Gasteiger partial charge in [0.05, 0.1) is 10.9 Å². The summed E-state index contributed by atoms with van der Waals surface area (Å²) >= 11 is 0. The number of hydrogen-bond acceptors (Lipinski definition) is 3. The molecule has 24 heavy (non-hydrogen) atoms. The molecule has 5 heteroatoms. The minimum atomic E-state index is -3.82. The number of nitrogens with zero attached hydrogens (tertiary/aromatic N) is 1. The molecule has 0 unspecified atom stereocenters. The zero-order chi connectivity index (χ0) is 17.3. The standard InChI is InChI=1S/C19H21NO3S/c1-14-8-10-18(11-9-14)24(22,23)20-17(12-15(2)19(20)21)13-16-6-4-3-5-7-16/h3-11,15,17H,12-13H2,1-2H3/t15-,17+/m0/s1. The number of benzene rings is 2. The molecule has 2 atom stereocenters. The molecule has 2 aromatic carbocycles. The van der Waals surface area contributed by atoms with Gasteiger partial charge >= 0.3 is 0 Å². The molecule has 0 bridgehead atoms. The first-order valence-corrected chi connectivity index (χ1v) is 9.52. The molecule has 0 spiro atoms. The molecular formula is C19H21NO3S. The molecule has 4 nitrogen and oxygen atoms in total. The molecule has 0 aliphatic carbocycles. The summed E-state index contributed by atoms with van der Waals surface area (Å²) < 4.78 is 27.1. The Morgan fingerprint density at radius 1 is 1.04 bits per heavy atom. The Hall–Kier alpha value is -2.14. The molecule has 1 heterocycles. The van der Waals surface area contributed by atoms with Crippen molar-refractivity contribution in [1.82, 2.24) is 4.31 Å². The van der Waals surface area contributed by atoms with Crippen molar-refractivity contribution in [3.8, 4) is 0 Å². The van der Waals surface area contributed by atoms with Gasteiger partial charge in [0, 0.05) is 5.92 Å². The van der Waals surface area contributed by atoms with Gasteiger partial charge in [0.15, 0.2) is 0 Å². The van der Waals surface area contributed by atoms with Crippen molar-refractivity contribution in [2.45, 2.75) is 37.6 Å². The number of carbonyl (C=O) groups excluding carboxylic acids is 1. The predicted octanol–water partition coefficient (Wildman–Crippen LogP) is 3.16. The summed E-state index contributed by atoms with van der Waals surface area (Å²) in [5.74, 6) is -0.588. The smallest absolute Gasteiger partial charge is 0.266 e. The van der Waals surface area contributed by atoms with Crippen LogP contribution in [0.15, 0.2) is 59.5 Å². The number of sulfonamides is 1. The third-order valence-corrected chi connectivity index (χ3v) is 6.35. The topological polar surface area (TPSA) is 54.5 Å². The fraction of sp³-hybridized carbons (Fsp3) is 0.316. The van der Waals surface area contributed by atoms with Crippen LogP contribution < -0.4 is 0 Å². The molecule has 0 radical (unpaired) electrons. The number of rotatable bonds is 4. The van der Waals surface area contributed by atoms with Gasteiger partial charge in [-0.2, -0.15) is 0 Å². The second-order valence-corrected chi connectivity index (χ2v) is 8.25. The van der Waals surface area contributed by atoms with Crippen LogP contribution in [0, 0.1) is 12.8 Å². The lowest BCUT2D eigenvalue weighted by Gasteiger charge is -2.24. The summed E-state index contributed by atoms with van der Waals surface area (Å²) in [7, 11) is -3.82. The number of amides is 1. The Labute approximate surface area is 143 Å². The van der Waals surface area contributed by atoms with Crippen LogP contribution in [0.5, 0.6) is 0 Å². The molecule has 1 aliphatic rings. The second-order valence-electron chi connectivity index (χ2n) is 6.43. The molecule has 2 aromatic rings. The summed E-state index contributed by atoms with van der Waals surface area (Å²) in [6, 6.07) is 16.0. The minimum Gasteiger partial charge on any atom is -0.273 e. The lowest BCUT2D eigenvalue weighted by atomic mass is 10.0. The fourth-order valence-corrected chi connectivity index (χ4v) is 4.87.